The minimum atomic E-state index is -0.203. The van der Waals surface area contributed by atoms with E-state index in [-0.39, 0.29) is 5.91 Å². The van der Waals surface area contributed by atoms with Gasteiger partial charge in [-0.05, 0) is 36.8 Å². The predicted octanol–water partition coefficient (Wildman–Crippen LogP) is 4.49. The van der Waals surface area contributed by atoms with Gasteiger partial charge >= 0.3 is 0 Å². The lowest BCUT2D eigenvalue weighted by Gasteiger charge is -2.29. The molecule has 1 aliphatic rings. The Labute approximate surface area is 170 Å². The van der Waals surface area contributed by atoms with E-state index in [1.165, 1.54) is 19.3 Å². The normalized spacial score (nSPS) is 13.9. The van der Waals surface area contributed by atoms with Crippen molar-refractivity contribution in [3.05, 3.63) is 54.2 Å². The lowest BCUT2D eigenvalue weighted by Crippen LogP contribution is -2.30. The van der Waals surface area contributed by atoms with Crippen LogP contribution in [0, 0.1) is 0 Å². The van der Waals surface area contributed by atoms with Crippen LogP contribution >= 0.6 is 0 Å². The van der Waals surface area contributed by atoms with Crippen LogP contribution in [0.4, 0.5) is 11.5 Å². The third-order valence-corrected chi connectivity index (χ3v) is 5.32. The number of hydrogen-bond donors (Lipinski definition) is 1. The van der Waals surface area contributed by atoms with Gasteiger partial charge in [-0.3, -0.25) is 4.79 Å². The zero-order valence-electron chi connectivity index (χ0n) is 16.8. The van der Waals surface area contributed by atoms with Gasteiger partial charge in [0.25, 0.3) is 5.91 Å². The third kappa shape index (κ3) is 3.83. The molecule has 29 heavy (non-hydrogen) atoms. The minimum Gasteiger partial charge on any atom is -0.493 e. The molecule has 0 saturated carbocycles. The zero-order chi connectivity index (χ0) is 20.2. The molecule has 0 radical (unpaired) electrons. The van der Waals surface area contributed by atoms with E-state index in [1.807, 2.05) is 24.3 Å². The number of nitrogens with zero attached hydrogens (tertiary/aromatic N) is 2. The highest BCUT2D eigenvalue weighted by molar-refractivity contribution is 6.14. The molecule has 1 aromatic heterocycles. The van der Waals surface area contributed by atoms with Crippen LogP contribution in [0.15, 0.2) is 48.7 Å². The Balaban J connectivity index is 1.66. The van der Waals surface area contributed by atoms with E-state index in [0.29, 0.717) is 22.7 Å². The highest BCUT2D eigenvalue weighted by Crippen LogP contribution is 2.32. The minimum absolute atomic E-state index is 0.203. The number of carbonyl (C=O) groups excluding carboxylic acids is 1. The molecule has 6 heteroatoms. The maximum atomic E-state index is 13.0. The summed E-state index contributed by atoms with van der Waals surface area (Å²) in [4.78, 5) is 20.0. The van der Waals surface area contributed by atoms with Crippen molar-refractivity contribution in [3.63, 3.8) is 0 Å². The SMILES string of the molecule is COc1ccc(NC(=O)c2cnc(N3CCCCC3)c3ccccc23)cc1OC. The summed E-state index contributed by atoms with van der Waals surface area (Å²) in [5.41, 5.74) is 1.19. The number of rotatable bonds is 5. The number of hydrogen-bond acceptors (Lipinski definition) is 5. The molecule has 1 N–H and O–H groups in total. The van der Waals surface area contributed by atoms with Crippen LogP contribution in [-0.2, 0) is 0 Å². The van der Waals surface area contributed by atoms with Crippen LogP contribution in [0.25, 0.3) is 10.8 Å². The van der Waals surface area contributed by atoms with Gasteiger partial charge in [0.05, 0.1) is 19.8 Å². The molecular formula is C23H25N3O3. The van der Waals surface area contributed by atoms with E-state index >= 15 is 0 Å². The average molecular weight is 391 g/mol. The van der Waals surface area contributed by atoms with Crippen molar-refractivity contribution < 1.29 is 14.3 Å². The largest absolute Gasteiger partial charge is 0.493 e. The zero-order valence-corrected chi connectivity index (χ0v) is 16.8. The van der Waals surface area contributed by atoms with Gasteiger partial charge in [0.1, 0.15) is 5.82 Å². The van der Waals surface area contributed by atoms with Crippen molar-refractivity contribution in [1.82, 2.24) is 4.98 Å². The number of benzene rings is 2. The fourth-order valence-corrected chi connectivity index (χ4v) is 3.83. The number of carbonyl (C=O) groups is 1. The number of fused-ring (bicyclic) bond motifs is 1. The van der Waals surface area contributed by atoms with Crippen molar-refractivity contribution >= 4 is 28.2 Å². The molecule has 150 valence electrons. The van der Waals surface area contributed by atoms with Crippen molar-refractivity contribution in [2.45, 2.75) is 19.3 Å². The molecule has 0 atom stereocenters. The molecule has 1 saturated heterocycles. The lowest BCUT2D eigenvalue weighted by molar-refractivity contribution is 0.102. The van der Waals surface area contributed by atoms with Crippen LogP contribution < -0.4 is 19.7 Å². The first-order valence-electron chi connectivity index (χ1n) is 9.87. The van der Waals surface area contributed by atoms with Gasteiger partial charge < -0.3 is 19.7 Å². The summed E-state index contributed by atoms with van der Waals surface area (Å²) in [7, 11) is 3.15. The topological polar surface area (TPSA) is 63.7 Å². The molecule has 0 aliphatic carbocycles. The molecule has 0 bridgehead atoms. The smallest absolute Gasteiger partial charge is 0.257 e. The fourth-order valence-electron chi connectivity index (χ4n) is 3.83. The van der Waals surface area contributed by atoms with Gasteiger partial charge in [0.15, 0.2) is 11.5 Å². The second-order valence-corrected chi connectivity index (χ2v) is 7.11. The molecule has 1 amide bonds. The lowest BCUT2D eigenvalue weighted by atomic mass is 10.0. The first kappa shape index (κ1) is 19.1. The summed E-state index contributed by atoms with van der Waals surface area (Å²) >= 11 is 0. The summed E-state index contributed by atoms with van der Waals surface area (Å²) in [6.07, 6.45) is 5.30. The Hall–Kier alpha value is -3.28. The summed E-state index contributed by atoms with van der Waals surface area (Å²) < 4.78 is 10.6. The Morgan fingerprint density at radius 3 is 2.41 bits per heavy atom. The van der Waals surface area contributed by atoms with Gasteiger partial charge in [-0.2, -0.15) is 0 Å². The molecule has 1 aliphatic heterocycles. The van der Waals surface area contributed by atoms with Crippen molar-refractivity contribution in [3.8, 4) is 11.5 Å². The number of anilines is 2. The maximum absolute atomic E-state index is 13.0. The number of nitrogens with one attached hydrogen (secondary N) is 1. The van der Waals surface area contributed by atoms with E-state index < -0.39 is 0 Å². The van der Waals surface area contributed by atoms with Crippen LogP contribution in [0.2, 0.25) is 0 Å². The number of piperidine rings is 1. The summed E-state index contributed by atoms with van der Waals surface area (Å²) in [6.45, 7) is 2.02. The Morgan fingerprint density at radius 1 is 0.966 bits per heavy atom. The molecule has 0 unspecified atom stereocenters. The van der Waals surface area contributed by atoms with E-state index in [1.54, 1.807) is 38.6 Å². The fraction of sp³-hybridized carbons (Fsp3) is 0.304. The van der Waals surface area contributed by atoms with Crippen molar-refractivity contribution in [1.29, 1.82) is 0 Å². The third-order valence-electron chi connectivity index (χ3n) is 5.32. The average Bonchev–Trinajstić information content (AvgIpc) is 2.78. The molecule has 2 aromatic carbocycles. The summed E-state index contributed by atoms with van der Waals surface area (Å²) in [5, 5.41) is 4.86. The van der Waals surface area contributed by atoms with Gasteiger partial charge in [-0.1, -0.05) is 24.3 Å². The maximum Gasteiger partial charge on any atom is 0.257 e. The highest BCUT2D eigenvalue weighted by atomic mass is 16.5. The summed E-state index contributed by atoms with van der Waals surface area (Å²) in [6, 6.07) is 13.3. The van der Waals surface area contributed by atoms with Crippen molar-refractivity contribution in [2.24, 2.45) is 0 Å². The first-order valence-corrected chi connectivity index (χ1v) is 9.87. The Bertz CT molecular complexity index is 1030. The Kier molecular flexibility index (Phi) is 5.51. The molecule has 6 nitrogen and oxygen atoms in total. The number of pyridine rings is 1. The standard InChI is InChI=1S/C23H25N3O3/c1-28-20-11-10-16(14-21(20)29-2)25-23(27)19-15-24-22(26-12-6-3-7-13-26)18-9-5-4-8-17(18)19/h4-5,8-11,14-15H,3,6-7,12-13H2,1-2H3,(H,25,27). The van der Waals surface area contributed by atoms with Gasteiger partial charge in [-0.15, -0.1) is 0 Å². The quantitative estimate of drug-likeness (QED) is 0.694. The second kappa shape index (κ2) is 8.39. The van der Waals surface area contributed by atoms with Crippen molar-refractivity contribution in [2.75, 3.05) is 37.5 Å². The van der Waals surface area contributed by atoms with Crippen LogP contribution in [-0.4, -0.2) is 38.2 Å². The molecule has 4 rings (SSSR count). The molecule has 0 spiro atoms. The number of aromatic nitrogens is 1. The second-order valence-electron chi connectivity index (χ2n) is 7.11. The van der Waals surface area contributed by atoms with E-state index in [2.05, 4.69) is 15.2 Å². The molecule has 2 heterocycles. The van der Waals surface area contributed by atoms with E-state index in [0.717, 1.165) is 29.7 Å². The molecule has 3 aromatic rings. The van der Waals surface area contributed by atoms with E-state index in [9.17, 15) is 4.79 Å². The predicted molar refractivity (Wildman–Crippen MR) is 115 cm³/mol. The highest BCUT2D eigenvalue weighted by Gasteiger charge is 2.19. The number of ether oxygens (including phenoxy) is 2. The molecule has 1 fully saturated rings. The first-order chi connectivity index (χ1) is 14.2. The van der Waals surface area contributed by atoms with Crippen LogP contribution in [0.5, 0.6) is 11.5 Å². The monoisotopic (exact) mass is 391 g/mol. The summed E-state index contributed by atoms with van der Waals surface area (Å²) in [5.74, 6) is 1.94. The number of methoxy groups -OCH3 is 2. The number of amides is 1. The molecular weight excluding hydrogens is 366 g/mol. The van der Waals surface area contributed by atoms with Gasteiger partial charge in [0.2, 0.25) is 0 Å². The van der Waals surface area contributed by atoms with Crippen LogP contribution in [0.3, 0.4) is 0 Å². The van der Waals surface area contributed by atoms with E-state index in [4.69, 9.17) is 9.47 Å². The Morgan fingerprint density at radius 2 is 1.69 bits per heavy atom. The van der Waals surface area contributed by atoms with Crippen LogP contribution in [0.1, 0.15) is 29.6 Å². The van der Waals surface area contributed by atoms with Gasteiger partial charge in [0, 0.05) is 36.4 Å². The van der Waals surface area contributed by atoms with Gasteiger partial charge in [-0.25, -0.2) is 4.98 Å².